The summed E-state index contributed by atoms with van der Waals surface area (Å²) in [4.78, 5) is 40.5. The van der Waals surface area contributed by atoms with Crippen LogP contribution in [0.15, 0.2) is 42.5 Å². The number of hydrogen-bond donors (Lipinski definition) is 1. The van der Waals surface area contributed by atoms with Gasteiger partial charge in [0.1, 0.15) is 5.75 Å². The minimum Gasteiger partial charge on any atom is -0.495 e. The highest BCUT2D eigenvalue weighted by molar-refractivity contribution is 6.31. The Bertz CT molecular complexity index is 982. The molecule has 2 aromatic carbocycles. The van der Waals surface area contributed by atoms with E-state index < -0.39 is 11.8 Å². The second-order valence-electron chi connectivity index (χ2n) is 6.97. The molecule has 1 heterocycles. The molecule has 0 spiro atoms. The molecule has 1 saturated heterocycles. The Kier molecular flexibility index (Phi) is 6.84. The van der Waals surface area contributed by atoms with Crippen molar-refractivity contribution in [2.24, 2.45) is 5.92 Å². The summed E-state index contributed by atoms with van der Waals surface area (Å²) in [5.74, 6) is -0.907. The number of likely N-dealkylation sites (N-methyl/N-ethyl adjacent to an activating group) is 1. The molecule has 1 aliphatic rings. The van der Waals surface area contributed by atoms with E-state index in [2.05, 4.69) is 5.32 Å². The fourth-order valence-electron chi connectivity index (χ4n) is 3.34. The third-order valence-electron chi connectivity index (χ3n) is 4.79. The van der Waals surface area contributed by atoms with Crippen LogP contribution in [0.2, 0.25) is 10.0 Å². The smallest absolute Gasteiger partial charge is 0.244 e. The average Bonchev–Trinajstić information content (AvgIpc) is 3.09. The SMILES string of the molecule is COc1ccc(Cl)cc1NC(=O)CN(C)C(=O)C1CC(=O)N(c2cccc(Cl)c2)C1. The molecule has 0 saturated carbocycles. The number of nitrogens with one attached hydrogen (secondary N) is 1. The third-order valence-corrected chi connectivity index (χ3v) is 5.26. The Morgan fingerprint density at radius 3 is 2.63 bits per heavy atom. The second kappa shape index (κ2) is 9.36. The van der Waals surface area contributed by atoms with Gasteiger partial charge in [0.2, 0.25) is 17.7 Å². The van der Waals surface area contributed by atoms with E-state index in [0.29, 0.717) is 27.2 Å². The van der Waals surface area contributed by atoms with Crippen LogP contribution < -0.4 is 15.0 Å². The van der Waals surface area contributed by atoms with Crippen molar-refractivity contribution in [3.63, 3.8) is 0 Å². The zero-order valence-corrected chi connectivity index (χ0v) is 18.0. The van der Waals surface area contributed by atoms with Crippen LogP contribution in [0.1, 0.15) is 6.42 Å². The summed E-state index contributed by atoms with van der Waals surface area (Å²) in [6.07, 6.45) is 0.0828. The van der Waals surface area contributed by atoms with Gasteiger partial charge in [-0.1, -0.05) is 29.3 Å². The second-order valence-corrected chi connectivity index (χ2v) is 7.85. The van der Waals surface area contributed by atoms with Crippen LogP contribution in [-0.4, -0.2) is 49.9 Å². The number of amides is 3. The lowest BCUT2D eigenvalue weighted by Gasteiger charge is -2.21. The number of anilines is 2. The lowest BCUT2D eigenvalue weighted by Crippen LogP contribution is -2.39. The van der Waals surface area contributed by atoms with E-state index in [1.165, 1.54) is 19.1 Å². The van der Waals surface area contributed by atoms with Gasteiger partial charge in [-0.05, 0) is 36.4 Å². The first-order valence-electron chi connectivity index (χ1n) is 9.22. The monoisotopic (exact) mass is 449 g/mol. The molecule has 30 heavy (non-hydrogen) atoms. The van der Waals surface area contributed by atoms with Crippen molar-refractivity contribution < 1.29 is 19.1 Å². The number of hydrogen-bond acceptors (Lipinski definition) is 4. The summed E-state index contributed by atoms with van der Waals surface area (Å²) in [7, 11) is 3.01. The van der Waals surface area contributed by atoms with E-state index in [1.54, 1.807) is 47.4 Å². The molecule has 1 atom stereocenters. The minimum absolute atomic E-state index is 0.0828. The highest BCUT2D eigenvalue weighted by Crippen LogP contribution is 2.29. The molecule has 1 aliphatic heterocycles. The normalized spacial score (nSPS) is 15.8. The van der Waals surface area contributed by atoms with Gasteiger partial charge in [0.25, 0.3) is 0 Å². The molecule has 1 fully saturated rings. The highest BCUT2D eigenvalue weighted by Gasteiger charge is 2.36. The van der Waals surface area contributed by atoms with Gasteiger partial charge in [0.15, 0.2) is 0 Å². The van der Waals surface area contributed by atoms with Gasteiger partial charge in [-0.15, -0.1) is 0 Å². The van der Waals surface area contributed by atoms with Crippen LogP contribution in [0.25, 0.3) is 0 Å². The van der Waals surface area contributed by atoms with Crippen LogP contribution in [0.5, 0.6) is 5.75 Å². The number of benzene rings is 2. The Morgan fingerprint density at radius 1 is 1.20 bits per heavy atom. The van der Waals surface area contributed by atoms with Crippen molar-refractivity contribution in [2.75, 3.05) is 37.5 Å². The fourth-order valence-corrected chi connectivity index (χ4v) is 3.70. The van der Waals surface area contributed by atoms with E-state index in [1.807, 2.05) is 0 Å². The standard InChI is InChI=1S/C21H21Cl2N3O4/c1-25(12-19(27)24-17-10-15(23)6-7-18(17)30-2)21(29)13-8-20(28)26(11-13)16-5-3-4-14(22)9-16/h3-7,9-10,13H,8,11-12H2,1-2H3,(H,24,27). The molecule has 1 unspecified atom stereocenters. The quantitative estimate of drug-likeness (QED) is 0.732. The molecule has 0 aromatic heterocycles. The molecular formula is C21H21Cl2N3O4. The van der Waals surface area contributed by atoms with Gasteiger partial charge < -0.3 is 19.9 Å². The van der Waals surface area contributed by atoms with Crippen molar-refractivity contribution in [1.29, 1.82) is 0 Å². The maximum absolute atomic E-state index is 12.8. The van der Waals surface area contributed by atoms with Crippen LogP contribution in [-0.2, 0) is 14.4 Å². The topological polar surface area (TPSA) is 79.0 Å². The number of methoxy groups -OCH3 is 1. The first-order valence-corrected chi connectivity index (χ1v) is 9.98. The van der Waals surface area contributed by atoms with E-state index in [9.17, 15) is 14.4 Å². The van der Waals surface area contributed by atoms with Crippen LogP contribution >= 0.6 is 23.2 Å². The van der Waals surface area contributed by atoms with Crippen LogP contribution in [0.4, 0.5) is 11.4 Å². The van der Waals surface area contributed by atoms with Gasteiger partial charge in [-0.25, -0.2) is 0 Å². The summed E-state index contributed by atoms with van der Waals surface area (Å²) in [5.41, 5.74) is 1.07. The largest absolute Gasteiger partial charge is 0.495 e. The molecule has 0 aliphatic carbocycles. The highest BCUT2D eigenvalue weighted by atomic mass is 35.5. The van der Waals surface area contributed by atoms with Gasteiger partial charge in [-0.2, -0.15) is 0 Å². The average molecular weight is 450 g/mol. The predicted octanol–water partition coefficient (Wildman–Crippen LogP) is 3.45. The van der Waals surface area contributed by atoms with Crippen molar-refractivity contribution in [3.8, 4) is 5.75 Å². The van der Waals surface area contributed by atoms with Crippen LogP contribution in [0, 0.1) is 5.92 Å². The maximum atomic E-state index is 12.8. The third kappa shape index (κ3) is 5.04. The lowest BCUT2D eigenvalue weighted by atomic mass is 10.1. The van der Waals surface area contributed by atoms with E-state index >= 15 is 0 Å². The predicted molar refractivity (Wildman–Crippen MR) is 116 cm³/mol. The summed E-state index contributed by atoms with van der Waals surface area (Å²) in [6.45, 7) is 0.0719. The number of carbonyl (C=O) groups is 3. The lowest BCUT2D eigenvalue weighted by molar-refractivity contribution is -0.137. The Morgan fingerprint density at radius 2 is 1.93 bits per heavy atom. The number of halogens is 2. The fraction of sp³-hybridized carbons (Fsp3) is 0.286. The molecule has 0 radical (unpaired) electrons. The van der Waals surface area contributed by atoms with Gasteiger partial charge in [0, 0.05) is 35.7 Å². The van der Waals surface area contributed by atoms with Crippen molar-refractivity contribution in [1.82, 2.24) is 4.90 Å². The van der Waals surface area contributed by atoms with Crippen molar-refractivity contribution >= 4 is 52.3 Å². The molecule has 3 rings (SSSR count). The summed E-state index contributed by atoms with van der Waals surface area (Å²) in [6, 6.07) is 11.8. The molecule has 7 nitrogen and oxygen atoms in total. The van der Waals surface area contributed by atoms with Gasteiger partial charge in [0.05, 0.1) is 25.3 Å². The van der Waals surface area contributed by atoms with Crippen LogP contribution in [0.3, 0.4) is 0 Å². The first kappa shape index (κ1) is 21.9. The van der Waals surface area contributed by atoms with E-state index in [0.717, 1.165) is 0 Å². The Hall–Kier alpha value is -2.77. The van der Waals surface area contributed by atoms with Gasteiger partial charge >= 0.3 is 0 Å². The molecule has 0 bridgehead atoms. The first-order chi connectivity index (χ1) is 14.3. The van der Waals surface area contributed by atoms with Gasteiger partial charge in [-0.3, -0.25) is 14.4 Å². The zero-order chi connectivity index (χ0) is 21.8. The number of rotatable bonds is 6. The summed E-state index contributed by atoms with van der Waals surface area (Å²) in [5, 5.41) is 3.65. The Labute approximate surface area is 184 Å². The maximum Gasteiger partial charge on any atom is 0.244 e. The molecule has 9 heteroatoms. The molecule has 158 valence electrons. The number of carbonyl (C=O) groups excluding carboxylic acids is 3. The Balaban J connectivity index is 1.61. The zero-order valence-electron chi connectivity index (χ0n) is 16.5. The summed E-state index contributed by atoms with van der Waals surface area (Å²) < 4.78 is 5.20. The molecular weight excluding hydrogens is 429 g/mol. The molecule has 1 N–H and O–H groups in total. The summed E-state index contributed by atoms with van der Waals surface area (Å²) >= 11 is 12.0. The molecule has 3 amide bonds. The van der Waals surface area contributed by atoms with Crippen molar-refractivity contribution in [3.05, 3.63) is 52.5 Å². The van der Waals surface area contributed by atoms with E-state index in [4.69, 9.17) is 27.9 Å². The number of nitrogens with zero attached hydrogens (tertiary/aromatic N) is 2. The van der Waals surface area contributed by atoms with Crippen molar-refractivity contribution in [2.45, 2.75) is 6.42 Å². The number of ether oxygens (including phenoxy) is 1. The minimum atomic E-state index is -0.532. The van der Waals surface area contributed by atoms with E-state index in [-0.39, 0.29) is 31.3 Å². The molecule has 2 aromatic rings.